The number of hydrogen-bond acceptors (Lipinski definition) is 2. The Labute approximate surface area is 114 Å². The zero-order valence-electron chi connectivity index (χ0n) is 11.6. The SMILES string of the molecule is COc1ccc([C@@H]([NH3+])c2ccc(C)cc2)cc1OC. The number of aryl methyl sites for hydroxylation is 1. The van der Waals surface area contributed by atoms with E-state index in [1.54, 1.807) is 14.2 Å². The average molecular weight is 258 g/mol. The van der Waals surface area contributed by atoms with E-state index in [1.807, 2.05) is 18.2 Å². The predicted molar refractivity (Wildman–Crippen MR) is 75.5 cm³/mol. The van der Waals surface area contributed by atoms with E-state index >= 15 is 0 Å². The van der Waals surface area contributed by atoms with Crippen molar-refractivity contribution >= 4 is 0 Å². The molecule has 0 spiro atoms. The van der Waals surface area contributed by atoms with E-state index < -0.39 is 0 Å². The molecule has 3 heteroatoms. The second-order valence-electron chi connectivity index (χ2n) is 4.58. The minimum Gasteiger partial charge on any atom is -0.493 e. The van der Waals surface area contributed by atoms with Crippen LogP contribution in [-0.2, 0) is 0 Å². The maximum Gasteiger partial charge on any atom is 0.161 e. The topological polar surface area (TPSA) is 46.1 Å². The molecular weight excluding hydrogens is 238 g/mol. The van der Waals surface area contributed by atoms with Gasteiger partial charge in [0.2, 0.25) is 0 Å². The van der Waals surface area contributed by atoms with E-state index in [4.69, 9.17) is 9.47 Å². The minimum atomic E-state index is 0.0837. The zero-order valence-corrected chi connectivity index (χ0v) is 11.6. The molecule has 0 bridgehead atoms. The summed E-state index contributed by atoms with van der Waals surface area (Å²) in [4.78, 5) is 0. The molecule has 2 rings (SSSR count). The fourth-order valence-electron chi connectivity index (χ4n) is 2.06. The Morgan fingerprint density at radius 2 is 1.42 bits per heavy atom. The van der Waals surface area contributed by atoms with Gasteiger partial charge in [0.25, 0.3) is 0 Å². The van der Waals surface area contributed by atoms with Crippen LogP contribution >= 0.6 is 0 Å². The molecule has 0 aromatic heterocycles. The Morgan fingerprint density at radius 3 is 2.00 bits per heavy atom. The number of benzene rings is 2. The fraction of sp³-hybridized carbons (Fsp3) is 0.250. The number of quaternary nitrogens is 1. The van der Waals surface area contributed by atoms with Gasteiger partial charge in [-0.25, -0.2) is 0 Å². The Morgan fingerprint density at radius 1 is 0.842 bits per heavy atom. The van der Waals surface area contributed by atoms with Crippen molar-refractivity contribution in [3.63, 3.8) is 0 Å². The largest absolute Gasteiger partial charge is 0.493 e. The van der Waals surface area contributed by atoms with E-state index in [-0.39, 0.29) is 6.04 Å². The Hall–Kier alpha value is -2.00. The lowest BCUT2D eigenvalue weighted by Gasteiger charge is -2.13. The molecular formula is C16H20NO2+. The molecule has 3 N–H and O–H groups in total. The van der Waals surface area contributed by atoms with Crippen molar-refractivity contribution in [3.05, 3.63) is 59.2 Å². The Bertz CT molecular complexity index is 549. The van der Waals surface area contributed by atoms with Crippen LogP contribution < -0.4 is 15.2 Å². The van der Waals surface area contributed by atoms with Gasteiger partial charge in [0, 0.05) is 11.1 Å². The number of rotatable bonds is 4. The van der Waals surface area contributed by atoms with Gasteiger partial charge in [0.1, 0.15) is 6.04 Å². The fourth-order valence-corrected chi connectivity index (χ4v) is 2.06. The minimum absolute atomic E-state index is 0.0837. The molecule has 0 amide bonds. The lowest BCUT2D eigenvalue weighted by atomic mass is 9.98. The monoisotopic (exact) mass is 258 g/mol. The van der Waals surface area contributed by atoms with Crippen LogP contribution in [0, 0.1) is 6.92 Å². The van der Waals surface area contributed by atoms with Crippen molar-refractivity contribution in [2.24, 2.45) is 0 Å². The van der Waals surface area contributed by atoms with Crippen LogP contribution in [-0.4, -0.2) is 14.2 Å². The van der Waals surface area contributed by atoms with E-state index in [1.165, 1.54) is 11.1 Å². The molecule has 19 heavy (non-hydrogen) atoms. The van der Waals surface area contributed by atoms with Gasteiger partial charge >= 0.3 is 0 Å². The lowest BCUT2D eigenvalue weighted by molar-refractivity contribution is -0.411. The molecule has 100 valence electrons. The second-order valence-corrected chi connectivity index (χ2v) is 4.58. The summed E-state index contributed by atoms with van der Waals surface area (Å²) in [5.41, 5.74) is 7.80. The Balaban J connectivity index is 2.33. The van der Waals surface area contributed by atoms with Gasteiger partial charge in [-0.1, -0.05) is 29.8 Å². The average Bonchev–Trinajstić information content (AvgIpc) is 2.46. The molecule has 2 aromatic rings. The van der Waals surface area contributed by atoms with Gasteiger partial charge < -0.3 is 15.2 Å². The highest BCUT2D eigenvalue weighted by molar-refractivity contribution is 5.45. The molecule has 2 aromatic carbocycles. The molecule has 0 unspecified atom stereocenters. The molecule has 0 aliphatic rings. The standard InChI is InChI=1S/C16H19NO2/c1-11-4-6-12(7-5-11)16(17)13-8-9-14(18-2)15(10-13)19-3/h4-10,16H,17H2,1-3H3/p+1/t16-/m0/s1. The smallest absolute Gasteiger partial charge is 0.161 e. The zero-order chi connectivity index (χ0) is 13.8. The molecule has 0 heterocycles. The highest BCUT2D eigenvalue weighted by Gasteiger charge is 2.15. The molecule has 0 radical (unpaired) electrons. The van der Waals surface area contributed by atoms with Gasteiger partial charge in [-0.15, -0.1) is 0 Å². The van der Waals surface area contributed by atoms with Gasteiger partial charge in [0.05, 0.1) is 14.2 Å². The predicted octanol–water partition coefficient (Wildman–Crippen LogP) is 2.34. The summed E-state index contributed by atoms with van der Waals surface area (Å²) < 4.78 is 10.6. The first kappa shape index (κ1) is 13.4. The van der Waals surface area contributed by atoms with Crippen molar-refractivity contribution in [1.82, 2.24) is 0 Å². The third-order valence-corrected chi connectivity index (χ3v) is 3.29. The van der Waals surface area contributed by atoms with Crippen LogP contribution in [0.1, 0.15) is 22.7 Å². The molecule has 0 aliphatic carbocycles. The van der Waals surface area contributed by atoms with Crippen LogP contribution in [0.3, 0.4) is 0 Å². The van der Waals surface area contributed by atoms with Crippen molar-refractivity contribution in [3.8, 4) is 11.5 Å². The summed E-state index contributed by atoms with van der Waals surface area (Å²) in [7, 11) is 3.28. The van der Waals surface area contributed by atoms with E-state index in [0.717, 1.165) is 17.1 Å². The van der Waals surface area contributed by atoms with Crippen molar-refractivity contribution in [2.75, 3.05) is 14.2 Å². The summed E-state index contributed by atoms with van der Waals surface area (Å²) >= 11 is 0. The molecule has 0 fully saturated rings. The van der Waals surface area contributed by atoms with Crippen molar-refractivity contribution in [1.29, 1.82) is 0 Å². The molecule has 1 atom stereocenters. The van der Waals surface area contributed by atoms with E-state index in [9.17, 15) is 0 Å². The molecule has 0 saturated carbocycles. The first-order valence-electron chi connectivity index (χ1n) is 6.27. The second kappa shape index (κ2) is 5.76. The van der Waals surface area contributed by atoms with Crippen molar-refractivity contribution < 1.29 is 15.2 Å². The van der Waals surface area contributed by atoms with Crippen LogP contribution in [0.15, 0.2) is 42.5 Å². The van der Waals surface area contributed by atoms with E-state index in [2.05, 4.69) is 36.9 Å². The van der Waals surface area contributed by atoms with Crippen molar-refractivity contribution in [2.45, 2.75) is 13.0 Å². The third kappa shape index (κ3) is 2.88. The summed E-state index contributed by atoms with van der Waals surface area (Å²) in [5, 5.41) is 0. The third-order valence-electron chi connectivity index (χ3n) is 3.29. The first-order chi connectivity index (χ1) is 9.15. The van der Waals surface area contributed by atoms with Gasteiger partial charge in [0.15, 0.2) is 11.5 Å². The molecule has 0 aliphatic heterocycles. The Kier molecular flexibility index (Phi) is 4.07. The summed E-state index contributed by atoms with van der Waals surface area (Å²) in [6.45, 7) is 2.08. The highest BCUT2D eigenvalue weighted by atomic mass is 16.5. The normalized spacial score (nSPS) is 12.0. The van der Waals surface area contributed by atoms with E-state index in [0.29, 0.717) is 0 Å². The van der Waals surface area contributed by atoms with Crippen LogP contribution in [0.4, 0.5) is 0 Å². The first-order valence-corrected chi connectivity index (χ1v) is 6.27. The highest BCUT2D eigenvalue weighted by Crippen LogP contribution is 2.30. The lowest BCUT2D eigenvalue weighted by Crippen LogP contribution is -2.54. The van der Waals surface area contributed by atoms with Gasteiger partial charge in [-0.2, -0.15) is 0 Å². The summed E-state index contributed by atoms with van der Waals surface area (Å²) in [5.74, 6) is 1.48. The molecule has 0 saturated heterocycles. The number of ether oxygens (including phenoxy) is 2. The maximum absolute atomic E-state index is 5.33. The van der Waals surface area contributed by atoms with Gasteiger partial charge in [-0.3, -0.25) is 0 Å². The number of methoxy groups -OCH3 is 2. The quantitative estimate of drug-likeness (QED) is 0.915. The summed E-state index contributed by atoms with van der Waals surface area (Å²) in [6, 6.07) is 14.5. The maximum atomic E-state index is 5.33. The van der Waals surface area contributed by atoms with Gasteiger partial charge in [-0.05, 0) is 25.1 Å². The number of hydrogen-bond donors (Lipinski definition) is 1. The van der Waals surface area contributed by atoms with Crippen LogP contribution in [0.2, 0.25) is 0 Å². The summed E-state index contributed by atoms with van der Waals surface area (Å²) in [6.07, 6.45) is 0. The van der Waals surface area contributed by atoms with Crippen LogP contribution in [0.5, 0.6) is 11.5 Å². The molecule has 3 nitrogen and oxygen atoms in total. The van der Waals surface area contributed by atoms with Crippen LogP contribution in [0.25, 0.3) is 0 Å².